The van der Waals surface area contributed by atoms with E-state index in [1.807, 2.05) is 33.0 Å². The van der Waals surface area contributed by atoms with Gasteiger partial charge in [0.25, 0.3) is 0 Å². The number of hydrogen-bond donors (Lipinski definition) is 2. The Hall–Kier alpha value is -0.950. The highest BCUT2D eigenvalue weighted by Gasteiger charge is 2.29. The zero-order valence-corrected chi connectivity index (χ0v) is 20.7. The van der Waals surface area contributed by atoms with Crippen molar-refractivity contribution in [3.8, 4) is 0 Å². The number of sulfonamides is 1. The molecular weight excluding hydrogens is 505 g/mol. The third kappa shape index (κ3) is 8.00. The molecule has 1 aromatic rings. The first-order chi connectivity index (χ1) is 13.5. The summed E-state index contributed by atoms with van der Waals surface area (Å²) in [5.41, 5.74) is 0.698. The highest BCUT2D eigenvalue weighted by molar-refractivity contribution is 14.0. The van der Waals surface area contributed by atoms with Crippen LogP contribution in [-0.4, -0.2) is 83.1 Å². The molecule has 1 heterocycles. The molecule has 0 aromatic heterocycles. The van der Waals surface area contributed by atoms with Crippen LogP contribution in [0.5, 0.6) is 0 Å². The molecule has 1 fully saturated rings. The molecule has 0 aliphatic carbocycles. The van der Waals surface area contributed by atoms with Gasteiger partial charge in [0.05, 0.1) is 18.0 Å². The first kappa shape index (κ1) is 26.1. The van der Waals surface area contributed by atoms with Gasteiger partial charge in [0.15, 0.2) is 5.96 Å². The van der Waals surface area contributed by atoms with Crippen molar-refractivity contribution in [3.63, 3.8) is 0 Å². The maximum Gasteiger partial charge on any atom is 0.243 e. The van der Waals surface area contributed by atoms with Crippen LogP contribution in [0.25, 0.3) is 0 Å². The van der Waals surface area contributed by atoms with E-state index in [4.69, 9.17) is 4.74 Å². The largest absolute Gasteiger partial charge is 0.380 e. The van der Waals surface area contributed by atoms with Gasteiger partial charge in [0.1, 0.15) is 0 Å². The SMILES string of the molecule is CCNC(=NCc1ccccc1S(=O)(=O)N1CCN(C)CC1)NCCOCC.I. The minimum Gasteiger partial charge on any atom is -0.380 e. The van der Waals surface area contributed by atoms with E-state index < -0.39 is 10.0 Å². The Morgan fingerprint density at radius 3 is 2.48 bits per heavy atom. The van der Waals surface area contributed by atoms with Crippen molar-refractivity contribution < 1.29 is 13.2 Å². The molecule has 0 atom stereocenters. The van der Waals surface area contributed by atoms with Gasteiger partial charge in [0, 0.05) is 45.9 Å². The smallest absolute Gasteiger partial charge is 0.243 e. The minimum atomic E-state index is -3.52. The molecule has 0 unspecified atom stereocenters. The maximum absolute atomic E-state index is 13.1. The summed E-state index contributed by atoms with van der Waals surface area (Å²) in [6.45, 7) is 9.37. The summed E-state index contributed by atoms with van der Waals surface area (Å²) in [5, 5.41) is 6.37. The standard InChI is InChI=1S/C19H33N5O3S.HI/c1-4-20-19(21-10-15-27-5-2)22-16-17-8-6-7-9-18(17)28(25,26)24-13-11-23(3)12-14-24;/h6-9H,4-5,10-16H2,1-3H3,(H2,20,21,22);1H. The van der Waals surface area contributed by atoms with Crippen LogP contribution < -0.4 is 10.6 Å². The molecule has 166 valence electrons. The quantitative estimate of drug-likeness (QED) is 0.213. The molecule has 0 bridgehead atoms. The second-order valence-electron chi connectivity index (χ2n) is 6.63. The van der Waals surface area contributed by atoms with Gasteiger partial charge in [-0.15, -0.1) is 24.0 Å². The first-order valence-corrected chi connectivity index (χ1v) is 11.3. The molecular formula is C19H34IN5O3S. The third-order valence-corrected chi connectivity index (χ3v) is 6.55. The summed E-state index contributed by atoms with van der Waals surface area (Å²) in [6, 6.07) is 7.12. The molecule has 2 N–H and O–H groups in total. The predicted molar refractivity (Wildman–Crippen MR) is 127 cm³/mol. The lowest BCUT2D eigenvalue weighted by Crippen LogP contribution is -2.47. The van der Waals surface area contributed by atoms with Crippen LogP contribution in [0.15, 0.2) is 34.2 Å². The molecule has 8 nitrogen and oxygen atoms in total. The second kappa shape index (κ2) is 13.4. The Kier molecular flexibility index (Phi) is 12.0. The lowest BCUT2D eigenvalue weighted by Gasteiger charge is -2.32. The minimum absolute atomic E-state index is 0. The highest BCUT2D eigenvalue weighted by Crippen LogP contribution is 2.22. The van der Waals surface area contributed by atoms with Gasteiger partial charge < -0.3 is 20.3 Å². The molecule has 2 rings (SSSR count). The summed E-state index contributed by atoms with van der Waals surface area (Å²) in [7, 11) is -1.52. The van der Waals surface area contributed by atoms with Crippen LogP contribution in [0.3, 0.4) is 0 Å². The number of ether oxygens (including phenoxy) is 1. The fraction of sp³-hybridized carbons (Fsp3) is 0.632. The molecule has 29 heavy (non-hydrogen) atoms. The van der Waals surface area contributed by atoms with Crippen molar-refractivity contribution >= 4 is 40.0 Å². The number of nitrogens with zero attached hydrogens (tertiary/aromatic N) is 3. The molecule has 1 saturated heterocycles. The Balaban J connectivity index is 0.00000420. The molecule has 0 spiro atoms. The average Bonchev–Trinajstić information content (AvgIpc) is 2.70. The van der Waals surface area contributed by atoms with E-state index in [1.54, 1.807) is 16.4 Å². The van der Waals surface area contributed by atoms with Crippen LogP contribution in [0.1, 0.15) is 19.4 Å². The van der Waals surface area contributed by atoms with E-state index in [0.29, 0.717) is 49.3 Å². The van der Waals surface area contributed by atoms with E-state index in [2.05, 4.69) is 20.5 Å². The van der Waals surface area contributed by atoms with Crippen LogP contribution in [0.4, 0.5) is 0 Å². The van der Waals surface area contributed by atoms with Gasteiger partial charge in [-0.2, -0.15) is 4.31 Å². The monoisotopic (exact) mass is 539 g/mol. The molecule has 1 aliphatic rings. The average molecular weight is 539 g/mol. The topological polar surface area (TPSA) is 86.3 Å². The maximum atomic E-state index is 13.1. The lowest BCUT2D eigenvalue weighted by molar-refractivity contribution is 0.152. The molecule has 10 heteroatoms. The number of hydrogen-bond acceptors (Lipinski definition) is 5. The number of rotatable bonds is 9. The zero-order valence-electron chi connectivity index (χ0n) is 17.6. The van der Waals surface area contributed by atoms with Crippen LogP contribution in [0, 0.1) is 0 Å². The van der Waals surface area contributed by atoms with Gasteiger partial charge in [-0.25, -0.2) is 13.4 Å². The van der Waals surface area contributed by atoms with Gasteiger partial charge in [0.2, 0.25) is 10.0 Å². The Morgan fingerprint density at radius 1 is 1.14 bits per heavy atom. The van der Waals surface area contributed by atoms with Crippen molar-refractivity contribution in [2.45, 2.75) is 25.3 Å². The number of likely N-dealkylation sites (N-methyl/N-ethyl adjacent to an activating group) is 1. The highest BCUT2D eigenvalue weighted by atomic mass is 127. The van der Waals surface area contributed by atoms with Crippen LogP contribution >= 0.6 is 24.0 Å². The van der Waals surface area contributed by atoms with Gasteiger partial charge in [-0.3, -0.25) is 0 Å². The van der Waals surface area contributed by atoms with E-state index in [-0.39, 0.29) is 30.5 Å². The van der Waals surface area contributed by atoms with E-state index in [0.717, 1.165) is 19.6 Å². The number of nitrogens with one attached hydrogen (secondary N) is 2. The van der Waals surface area contributed by atoms with Crippen molar-refractivity contribution in [2.24, 2.45) is 4.99 Å². The number of halogens is 1. The normalized spacial score (nSPS) is 16.3. The summed E-state index contributed by atoms with van der Waals surface area (Å²) in [6.07, 6.45) is 0. The fourth-order valence-corrected chi connectivity index (χ4v) is 4.58. The summed E-state index contributed by atoms with van der Waals surface area (Å²) >= 11 is 0. The summed E-state index contributed by atoms with van der Waals surface area (Å²) in [5.74, 6) is 0.647. The van der Waals surface area contributed by atoms with E-state index >= 15 is 0 Å². The first-order valence-electron chi connectivity index (χ1n) is 9.85. The Morgan fingerprint density at radius 2 is 1.83 bits per heavy atom. The van der Waals surface area contributed by atoms with Crippen molar-refractivity contribution in [2.75, 3.05) is 59.5 Å². The van der Waals surface area contributed by atoms with Crippen molar-refractivity contribution in [1.82, 2.24) is 19.8 Å². The van der Waals surface area contributed by atoms with Gasteiger partial charge >= 0.3 is 0 Å². The van der Waals surface area contributed by atoms with E-state index in [9.17, 15) is 8.42 Å². The number of aliphatic imine (C=N–C) groups is 1. The third-order valence-electron chi connectivity index (χ3n) is 4.55. The van der Waals surface area contributed by atoms with Crippen molar-refractivity contribution in [1.29, 1.82) is 0 Å². The zero-order chi connectivity index (χ0) is 20.4. The fourth-order valence-electron chi connectivity index (χ4n) is 2.95. The van der Waals surface area contributed by atoms with Gasteiger partial charge in [-0.05, 0) is 32.5 Å². The number of benzene rings is 1. The Bertz CT molecular complexity index is 737. The Labute approximate surface area is 192 Å². The molecule has 0 amide bonds. The summed E-state index contributed by atoms with van der Waals surface area (Å²) < 4.78 is 33.2. The number of piperazine rings is 1. The number of guanidine groups is 1. The molecule has 0 radical (unpaired) electrons. The molecule has 1 aromatic carbocycles. The van der Waals surface area contributed by atoms with Crippen LogP contribution in [0.2, 0.25) is 0 Å². The van der Waals surface area contributed by atoms with Crippen molar-refractivity contribution in [3.05, 3.63) is 29.8 Å². The molecule has 1 aliphatic heterocycles. The van der Waals surface area contributed by atoms with E-state index in [1.165, 1.54) is 0 Å². The predicted octanol–water partition coefficient (Wildman–Crippen LogP) is 1.33. The summed E-state index contributed by atoms with van der Waals surface area (Å²) in [4.78, 5) is 7.04. The molecule has 0 saturated carbocycles. The lowest BCUT2D eigenvalue weighted by atomic mass is 10.2. The second-order valence-corrected chi connectivity index (χ2v) is 8.54. The van der Waals surface area contributed by atoms with Crippen LogP contribution in [-0.2, 0) is 21.3 Å². The van der Waals surface area contributed by atoms with Gasteiger partial charge in [-0.1, -0.05) is 18.2 Å².